The fourth-order valence-electron chi connectivity index (χ4n) is 2.79. The molecule has 1 aromatic heterocycles. The third-order valence-electron chi connectivity index (χ3n) is 3.89. The minimum absolute atomic E-state index is 0.0263. The van der Waals surface area contributed by atoms with E-state index in [0.29, 0.717) is 23.7 Å². The molecule has 5 nitrogen and oxygen atoms in total. The van der Waals surface area contributed by atoms with Crippen molar-refractivity contribution in [3.8, 4) is 0 Å². The summed E-state index contributed by atoms with van der Waals surface area (Å²) < 4.78 is 0.783. The number of hydrogen-bond donors (Lipinski definition) is 2. The van der Waals surface area contributed by atoms with E-state index in [1.807, 2.05) is 17.0 Å². The normalized spacial score (nSPS) is 18.7. The summed E-state index contributed by atoms with van der Waals surface area (Å²) in [6, 6.07) is 7.31. The topological polar surface area (TPSA) is 75.0 Å². The minimum Gasteiger partial charge on any atom is -0.399 e. The van der Waals surface area contributed by atoms with Crippen LogP contribution in [0.5, 0.6) is 0 Å². The van der Waals surface area contributed by atoms with Crippen molar-refractivity contribution in [2.24, 2.45) is 0 Å². The second kappa shape index (κ2) is 5.89. The van der Waals surface area contributed by atoms with Gasteiger partial charge in [0.2, 0.25) is 0 Å². The number of nitrogen functional groups attached to an aromatic ring is 1. The van der Waals surface area contributed by atoms with Gasteiger partial charge in [0.25, 0.3) is 5.91 Å². The molecule has 1 fully saturated rings. The minimum atomic E-state index is 0.0263. The molecule has 1 aliphatic rings. The Labute approximate surface area is 131 Å². The number of amides is 1. The van der Waals surface area contributed by atoms with Crippen LogP contribution in [0.1, 0.15) is 34.8 Å². The zero-order chi connectivity index (χ0) is 14.8. The molecule has 3 rings (SSSR count). The van der Waals surface area contributed by atoms with E-state index in [0.717, 1.165) is 29.6 Å². The molecule has 1 saturated heterocycles. The maximum Gasteiger partial charge on any atom is 0.255 e. The summed E-state index contributed by atoms with van der Waals surface area (Å²) in [5.41, 5.74) is 8.12. The number of nitrogens with one attached hydrogen (secondary N) is 1. The van der Waals surface area contributed by atoms with Gasteiger partial charge in [-0.25, -0.2) is 0 Å². The highest BCUT2D eigenvalue weighted by Crippen LogP contribution is 2.28. The first-order valence-electron chi connectivity index (χ1n) is 6.98. The predicted octanol–water partition coefficient (Wildman–Crippen LogP) is 2.77. The zero-order valence-corrected chi connectivity index (χ0v) is 13.1. The van der Waals surface area contributed by atoms with Crippen molar-refractivity contribution in [2.45, 2.75) is 18.8 Å². The summed E-state index contributed by atoms with van der Waals surface area (Å²) in [7, 11) is 0. The summed E-state index contributed by atoms with van der Waals surface area (Å²) >= 11 is 3.43. The fraction of sp³-hybridized carbons (Fsp3) is 0.333. The number of nitrogens with two attached hydrogens (primary N) is 1. The molecular weight excluding hydrogens is 332 g/mol. The van der Waals surface area contributed by atoms with Gasteiger partial charge in [-0.3, -0.25) is 9.89 Å². The molecule has 1 atom stereocenters. The predicted molar refractivity (Wildman–Crippen MR) is 85.0 cm³/mol. The van der Waals surface area contributed by atoms with Crippen LogP contribution in [0.15, 0.2) is 34.9 Å². The van der Waals surface area contributed by atoms with E-state index in [1.54, 1.807) is 18.3 Å². The zero-order valence-electron chi connectivity index (χ0n) is 11.6. The van der Waals surface area contributed by atoms with Crippen molar-refractivity contribution in [2.75, 3.05) is 18.8 Å². The number of nitrogens with zero attached hydrogens (tertiary/aromatic N) is 2. The van der Waals surface area contributed by atoms with Crippen molar-refractivity contribution in [3.63, 3.8) is 0 Å². The quantitative estimate of drug-likeness (QED) is 0.819. The molecule has 2 aromatic rings. The molecule has 1 aromatic carbocycles. The van der Waals surface area contributed by atoms with Crippen molar-refractivity contribution >= 4 is 27.5 Å². The van der Waals surface area contributed by atoms with Crippen LogP contribution in [0.4, 0.5) is 5.69 Å². The number of halogens is 1. The number of H-pyrrole nitrogens is 1. The van der Waals surface area contributed by atoms with Crippen LogP contribution >= 0.6 is 15.9 Å². The van der Waals surface area contributed by atoms with Crippen molar-refractivity contribution < 1.29 is 4.79 Å². The maximum atomic E-state index is 12.7. The Balaban J connectivity index is 1.79. The lowest BCUT2D eigenvalue weighted by Gasteiger charge is -2.32. The molecule has 0 saturated carbocycles. The molecule has 0 spiro atoms. The lowest BCUT2D eigenvalue weighted by molar-refractivity contribution is 0.0705. The molecule has 3 N–H and O–H groups in total. The third-order valence-corrected chi connectivity index (χ3v) is 4.58. The van der Waals surface area contributed by atoms with Crippen LogP contribution < -0.4 is 5.73 Å². The Morgan fingerprint density at radius 2 is 2.29 bits per heavy atom. The number of likely N-dealkylation sites (tertiary alicyclic amines) is 1. The van der Waals surface area contributed by atoms with E-state index in [9.17, 15) is 4.79 Å². The van der Waals surface area contributed by atoms with Gasteiger partial charge in [-0.1, -0.05) is 0 Å². The second-order valence-electron chi connectivity index (χ2n) is 5.34. The molecule has 1 unspecified atom stereocenters. The van der Waals surface area contributed by atoms with Crippen molar-refractivity contribution in [1.29, 1.82) is 0 Å². The molecule has 21 heavy (non-hydrogen) atoms. The Bertz CT molecular complexity index is 641. The number of anilines is 1. The average molecular weight is 349 g/mol. The highest BCUT2D eigenvalue weighted by Gasteiger charge is 2.27. The number of aromatic nitrogens is 2. The molecule has 1 aliphatic heterocycles. The van der Waals surface area contributed by atoms with Gasteiger partial charge >= 0.3 is 0 Å². The molecular formula is C15H17BrN4O. The Morgan fingerprint density at radius 1 is 1.43 bits per heavy atom. The van der Waals surface area contributed by atoms with Crippen LogP contribution in [-0.2, 0) is 0 Å². The monoisotopic (exact) mass is 348 g/mol. The van der Waals surface area contributed by atoms with E-state index in [1.165, 1.54) is 0 Å². The van der Waals surface area contributed by atoms with Gasteiger partial charge in [-0.15, -0.1) is 0 Å². The van der Waals surface area contributed by atoms with Gasteiger partial charge in [0.05, 0.1) is 5.56 Å². The highest BCUT2D eigenvalue weighted by molar-refractivity contribution is 9.10. The average Bonchev–Trinajstić information content (AvgIpc) is 3.03. The molecule has 110 valence electrons. The van der Waals surface area contributed by atoms with E-state index in [4.69, 9.17) is 5.73 Å². The SMILES string of the molecule is Nc1ccc(Br)c(C(=O)N2CCCC(c3ccn[nH]3)C2)c1. The van der Waals surface area contributed by atoms with Crippen LogP contribution in [0.2, 0.25) is 0 Å². The van der Waals surface area contributed by atoms with Gasteiger partial charge in [0.1, 0.15) is 0 Å². The van der Waals surface area contributed by atoms with Gasteiger partial charge in [-0.2, -0.15) is 5.10 Å². The van der Waals surface area contributed by atoms with E-state index < -0.39 is 0 Å². The smallest absolute Gasteiger partial charge is 0.255 e. The molecule has 0 bridgehead atoms. The standard InChI is InChI=1S/C15H17BrN4O/c16-13-4-3-11(17)8-12(13)15(21)20-7-1-2-10(9-20)14-5-6-18-19-14/h3-6,8,10H,1-2,7,9,17H2,(H,18,19). The third kappa shape index (κ3) is 2.95. The van der Waals surface area contributed by atoms with Crippen LogP contribution in [0, 0.1) is 0 Å². The summed E-state index contributed by atoms with van der Waals surface area (Å²) in [4.78, 5) is 14.6. The molecule has 6 heteroatoms. The summed E-state index contributed by atoms with van der Waals surface area (Å²) in [5, 5.41) is 7.01. The number of piperidine rings is 1. The molecule has 0 radical (unpaired) electrons. The summed E-state index contributed by atoms with van der Waals surface area (Å²) in [5.74, 6) is 0.350. The number of rotatable bonds is 2. The Hall–Kier alpha value is -1.82. The van der Waals surface area contributed by atoms with Gasteiger partial charge in [0, 0.05) is 41.1 Å². The molecule has 1 amide bonds. The fourth-order valence-corrected chi connectivity index (χ4v) is 3.20. The number of benzene rings is 1. The number of hydrogen-bond acceptors (Lipinski definition) is 3. The van der Waals surface area contributed by atoms with E-state index in [-0.39, 0.29) is 5.91 Å². The van der Waals surface area contributed by atoms with E-state index >= 15 is 0 Å². The number of carbonyl (C=O) groups is 1. The second-order valence-corrected chi connectivity index (χ2v) is 6.20. The van der Waals surface area contributed by atoms with Gasteiger partial charge in [-0.05, 0) is 53.0 Å². The maximum absolute atomic E-state index is 12.7. The molecule has 2 heterocycles. The number of aromatic amines is 1. The van der Waals surface area contributed by atoms with Crippen LogP contribution in [0.25, 0.3) is 0 Å². The lowest BCUT2D eigenvalue weighted by atomic mass is 9.94. The first-order chi connectivity index (χ1) is 10.1. The van der Waals surface area contributed by atoms with Crippen LogP contribution in [0.3, 0.4) is 0 Å². The Kier molecular flexibility index (Phi) is 3.96. The van der Waals surface area contributed by atoms with Gasteiger partial charge < -0.3 is 10.6 Å². The largest absolute Gasteiger partial charge is 0.399 e. The first kappa shape index (κ1) is 14.1. The summed E-state index contributed by atoms with van der Waals surface area (Å²) in [6.07, 6.45) is 3.82. The van der Waals surface area contributed by atoms with Crippen molar-refractivity contribution in [1.82, 2.24) is 15.1 Å². The van der Waals surface area contributed by atoms with Crippen LogP contribution in [-0.4, -0.2) is 34.1 Å². The lowest BCUT2D eigenvalue weighted by Crippen LogP contribution is -2.39. The Morgan fingerprint density at radius 3 is 3.05 bits per heavy atom. The summed E-state index contributed by atoms with van der Waals surface area (Å²) in [6.45, 7) is 1.49. The number of carbonyl (C=O) groups excluding carboxylic acids is 1. The first-order valence-corrected chi connectivity index (χ1v) is 7.78. The van der Waals surface area contributed by atoms with Crippen molar-refractivity contribution in [3.05, 3.63) is 46.2 Å². The molecule has 0 aliphatic carbocycles. The van der Waals surface area contributed by atoms with E-state index in [2.05, 4.69) is 26.1 Å². The highest BCUT2D eigenvalue weighted by atomic mass is 79.9. The van der Waals surface area contributed by atoms with Gasteiger partial charge in [0.15, 0.2) is 0 Å².